The quantitative estimate of drug-likeness (QED) is 0.892. The SMILES string of the molecule is OC(c1cccs1)c1cc(Br)ccc1F. The van der Waals surface area contributed by atoms with Crippen LogP contribution in [0.25, 0.3) is 0 Å². The van der Waals surface area contributed by atoms with Gasteiger partial charge in [0.05, 0.1) is 0 Å². The van der Waals surface area contributed by atoms with E-state index >= 15 is 0 Å². The molecule has 1 aromatic heterocycles. The maximum atomic E-state index is 13.4. The van der Waals surface area contributed by atoms with Gasteiger partial charge in [0.2, 0.25) is 0 Å². The molecule has 0 fully saturated rings. The van der Waals surface area contributed by atoms with Gasteiger partial charge in [0.15, 0.2) is 0 Å². The number of aliphatic hydroxyl groups is 1. The fraction of sp³-hybridized carbons (Fsp3) is 0.0909. The smallest absolute Gasteiger partial charge is 0.129 e. The number of aliphatic hydroxyl groups excluding tert-OH is 1. The third-order valence-corrected chi connectivity index (χ3v) is 3.48. The van der Waals surface area contributed by atoms with Crippen LogP contribution in [-0.4, -0.2) is 5.11 Å². The van der Waals surface area contributed by atoms with Crippen LogP contribution < -0.4 is 0 Å². The fourth-order valence-corrected chi connectivity index (χ4v) is 2.43. The number of hydrogen-bond donors (Lipinski definition) is 1. The minimum Gasteiger partial charge on any atom is -0.383 e. The van der Waals surface area contributed by atoms with Gasteiger partial charge in [-0.15, -0.1) is 11.3 Å². The molecule has 0 saturated heterocycles. The van der Waals surface area contributed by atoms with Crippen molar-refractivity contribution >= 4 is 27.3 Å². The Morgan fingerprint density at radius 3 is 2.80 bits per heavy atom. The van der Waals surface area contributed by atoms with Crippen LogP contribution in [0.15, 0.2) is 40.2 Å². The van der Waals surface area contributed by atoms with Crippen molar-refractivity contribution in [3.63, 3.8) is 0 Å². The van der Waals surface area contributed by atoms with Crippen LogP contribution in [-0.2, 0) is 0 Å². The van der Waals surface area contributed by atoms with E-state index in [-0.39, 0.29) is 5.82 Å². The van der Waals surface area contributed by atoms with Crippen molar-refractivity contribution in [2.45, 2.75) is 6.10 Å². The highest BCUT2D eigenvalue weighted by Crippen LogP contribution is 2.29. The lowest BCUT2D eigenvalue weighted by Crippen LogP contribution is -2.00. The molecular formula is C11H8BrFOS. The zero-order valence-electron chi connectivity index (χ0n) is 7.65. The first-order valence-electron chi connectivity index (χ1n) is 4.35. The zero-order chi connectivity index (χ0) is 10.8. The topological polar surface area (TPSA) is 20.2 Å². The number of thiophene rings is 1. The van der Waals surface area contributed by atoms with Crippen molar-refractivity contribution in [2.24, 2.45) is 0 Å². The summed E-state index contributed by atoms with van der Waals surface area (Å²) in [5.41, 5.74) is 0.298. The Morgan fingerprint density at radius 2 is 2.13 bits per heavy atom. The van der Waals surface area contributed by atoms with E-state index in [0.29, 0.717) is 5.56 Å². The summed E-state index contributed by atoms with van der Waals surface area (Å²) in [4.78, 5) is 0.743. The molecule has 0 aliphatic rings. The van der Waals surface area contributed by atoms with Gasteiger partial charge in [0.25, 0.3) is 0 Å². The normalized spacial score (nSPS) is 12.7. The highest BCUT2D eigenvalue weighted by Gasteiger charge is 2.15. The number of halogens is 2. The van der Waals surface area contributed by atoms with Gasteiger partial charge in [0.1, 0.15) is 11.9 Å². The van der Waals surface area contributed by atoms with Crippen LogP contribution in [0, 0.1) is 5.82 Å². The summed E-state index contributed by atoms with van der Waals surface area (Å²) < 4.78 is 14.2. The van der Waals surface area contributed by atoms with Gasteiger partial charge in [-0.2, -0.15) is 0 Å². The number of benzene rings is 1. The van der Waals surface area contributed by atoms with E-state index in [1.165, 1.54) is 17.4 Å². The predicted octanol–water partition coefficient (Wildman–Crippen LogP) is 3.73. The van der Waals surface area contributed by atoms with Gasteiger partial charge >= 0.3 is 0 Å². The molecule has 1 atom stereocenters. The van der Waals surface area contributed by atoms with Gasteiger partial charge < -0.3 is 5.11 Å². The summed E-state index contributed by atoms with van der Waals surface area (Å²) in [6.45, 7) is 0. The Hall–Kier alpha value is -0.710. The first-order chi connectivity index (χ1) is 7.18. The van der Waals surface area contributed by atoms with E-state index in [1.807, 2.05) is 11.4 Å². The Morgan fingerprint density at radius 1 is 1.33 bits per heavy atom. The summed E-state index contributed by atoms with van der Waals surface area (Å²) in [6, 6.07) is 8.17. The summed E-state index contributed by atoms with van der Waals surface area (Å²) in [5.74, 6) is -0.390. The molecule has 0 aliphatic carbocycles. The van der Waals surface area contributed by atoms with E-state index < -0.39 is 6.10 Å². The third-order valence-electron chi connectivity index (χ3n) is 2.07. The lowest BCUT2D eigenvalue weighted by molar-refractivity contribution is 0.218. The van der Waals surface area contributed by atoms with Crippen molar-refractivity contribution in [1.29, 1.82) is 0 Å². The second-order valence-corrected chi connectivity index (χ2v) is 4.98. The summed E-state index contributed by atoms with van der Waals surface area (Å²) in [5, 5.41) is 11.8. The van der Waals surface area contributed by atoms with Crippen LogP contribution in [0.1, 0.15) is 16.5 Å². The molecule has 0 saturated carbocycles. The Labute approximate surface area is 99.3 Å². The van der Waals surface area contributed by atoms with Crippen LogP contribution in [0.3, 0.4) is 0 Å². The minimum atomic E-state index is -0.887. The average molecular weight is 287 g/mol. The molecule has 0 amide bonds. The third kappa shape index (κ3) is 2.27. The van der Waals surface area contributed by atoms with Gasteiger partial charge in [-0.25, -0.2) is 4.39 Å². The molecule has 0 aliphatic heterocycles. The standard InChI is InChI=1S/C11H8BrFOS/c12-7-3-4-9(13)8(6-7)11(14)10-2-1-5-15-10/h1-6,11,14H. The number of rotatable bonds is 2. The molecule has 0 spiro atoms. The predicted molar refractivity (Wildman–Crippen MR) is 62.5 cm³/mol. The van der Waals surface area contributed by atoms with Gasteiger partial charge in [-0.05, 0) is 29.6 Å². The molecule has 0 radical (unpaired) electrons. The van der Waals surface area contributed by atoms with Crippen molar-refractivity contribution in [3.05, 3.63) is 56.4 Å². The maximum absolute atomic E-state index is 13.4. The monoisotopic (exact) mass is 286 g/mol. The highest BCUT2D eigenvalue weighted by atomic mass is 79.9. The first kappa shape index (κ1) is 10.8. The van der Waals surface area contributed by atoms with Crippen LogP contribution >= 0.6 is 27.3 Å². The molecule has 0 bridgehead atoms. The van der Waals surface area contributed by atoms with E-state index in [2.05, 4.69) is 15.9 Å². The average Bonchev–Trinajstić information content (AvgIpc) is 2.74. The van der Waals surface area contributed by atoms with Crippen molar-refractivity contribution in [1.82, 2.24) is 0 Å². The second-order valence-electron chi connectivity index (χ2n) is 3.08. The van der Waals surface area contributed by atoms with Gasteiger partial charge in [0, 0.05) is 14.9 Å². The van der Waals surface area contributed by atoms with E-state index in [0.717, 1.165) is 9.35 Å². The molecule has 1 aromatic carbocycles. The summed E-state index contributed by atoms with van der Waals surface area (Å²) >= 11 is 4.66. The van der Waals surface area contributed by atoms with Crippen molar-refractivity contribution in [2.75, 3.05) is 0 Å². The molecule has 1 heterocycles. The van der Waals surface area contributed by atoms with Crippen LogP contribution in [0.4, 0.5) is 4.39 Å². The van der Waals surface area contributed by atoms with Crippen LogP contribution in [0.5, 0.6) is 0 Å². The zero-order valence-corrected chi connectivity index (χ0v) is 10.1. The molecule has 2 rings (SSSR count). The van der Waals surface area contributed by atoms with Gasteiger partial charge in [-0.3, -0.25) is 0 Å². The summed E-state index contributed by atoms with van der Waals surface area (Å²) in [6.07, 6.45) is -0.887. The van der Waals surface area contributed by atoms with Gasteiger partial charge in [-0.1, -0.05) is 22.0 Å². The molecule has 78 valence electrons. The molecule has 15 heavy (non-hydrogen) atoms. The molecular weight excluding hydrogens is 279 g/mol. The molecule has 1 N–H and O–H groups in total. The van der Waals surface area contributed by atoms with E-state index in [1.54, 1.807) is 18.2 Å². The Kier molecular flexibility index (Phi) is 3.19. The van der Waals surface area contributed by atoms with Crippen LogP contribution in [0.2, 0.25) is 0 Å². The lowest BCUT2D eigenvalue weighted by atomic mass is 10.1. The molecule has 1 nitrogen and oxygen atoms in total. The van der Waals surface area contributed by atoms with Crippen molar-refractivity contribution in [3.8, 4) is 0 Å². The largest absolute Gasteiger partial charge is 0.383 e. The Balaban J connectivity index is 2.41. The highest BCUT2D eigenvalue weighted by molar-refractivity contribution is 9.10. The lowest BCUT2D eigenvalue weighted by Gasteiger charge is -2.10. The summed E-state index contributed by atoms with van der Waals surface area (Å²) in [7, 11) is 0. The number of hydrogen-bond acceptors (Lipinski definition) is 2. The van der Waals surface area contributed by atoms with E-state index in [4.69, 9.17) is 0 Å². The molecule has 2 aromatic rings. The first-order valence-corrected chi connectivity index (χ1v) is 6.02. The molecule has 1 unspecified atom stereocenters. The maximum Gasteiger partial charge on any atom is 0.129 e. The van der Waals surface area contributed by atoms with Crippen molar-refractivity contribution < 1.29 is 9.50 Å². The second kappa shape index (κ2) is 4.43. The minimum absolute atomic E-state index is 0.298. The van der Waals surface area contributed by atoms with E-state index in [9.17, 15) is 9.50 Å². The molecule has 4 heteroatoms. The Bertz CT molecular complexity index is 456. The fourth-order valence-electron chi connectivity index (χ4n) is 1.32.